The zero-order valence-electron chi connectivity index (χ0n) is 15.0. The number of aromatic nitrogens is 1. The summed E-state index contributed by atoms with van der Waals surface area (Å²) in [7, 11) is 0. The molecule has 1 N–H and O–H groups in total. The summed E-state index contributed by atoms with van der Waals surface area (Å²) in [5.74, 6) is 1.34. The second-order valence-corrected chi connectivity index (χ2v) is 6.53. The number of aliphatic hydroxyl groups excluding tert-OH is 1. The molecule has 0 spiro atoms. The number of hydrogen-bond donors (Lipinski definition) is 1. The maximum atomic E-state index is 12.9. The number of nitrogens with zero attached hydrogens (tertiary/aromatic N) is 3. The number of aliphatic hydroxyl groups is 1. The Kier molecular flexibility index (Phi) is 6.20. The lowest BCUT2D eigenvalue weighted by molar-refractivity contribution is 0.0753. The number of carbonyl (C=O) groups excluding carboxylic acids is 1. The van der Waals surface area contributed by atoms with Crippen LogP contribution in [0.25, 0.3) is 0 Å². The second kappa shape index (κ2) is 8.78. The van der Waals surface area contributed by atoms with Gasteiger partial charge in [-0.3, -0.25) is 14.7 Å². The van der Waals surface area contributed by atoms with Gasteiger partial charge in [0.05, 0.1) is 6.61 Å². The van der Waals surface area contributed by atoms with Gasteiger partial charge < -0.3 is 14.7 Å². The van der Waals surface area contributed by atoms with Gasteiger partial charge in [0.1, 0.15) is 11.5 Å². The zero-order valence-corrected chi connectivity index (χ0v) is 15.0. The van der Waals surface area contributed by atoms with Gasteiger partial charge in [0.25, 0.3) is 5.91 Å². The lowest BCUT2D eigenvalue weighted by Gasteiger charge is -2.26. The van der Waals surface area contributed by atoms with E-state index in [1.165, 1.54) is 0 Å². The highest BCUT2D eigenvalue weighted by Gasteiger charge is 2.22. The van der Waals surface area contributed by atoms with Crippen LogP contribution in [0.2, 0.25) is 0 Å². The number of benzene rings is 1. The van der Waals surface area contributed by atoms with E-state index in [4.69, 9.17) is 4.74 Å². The molecule has 3 rings (SSSR count). The molecule has 0 saturated carbocycles. The third-order valence-electron chi connectivity index (χ3n) is 4.67. The van der Waals surface area contributed by atoms with Crippen molar-refractivity contribution in [2.75, 3.05) is 32.8 Å². The van der Waals surface area contributed by atoms with E-state index in [1.54, 1.807) is 30.6 Å². The van der Waals surface area contributed by atoms with Crippen LogP contribution in [0.1, 0.15) is 23.7 Å². The maximum absolute atomic E-state index is 12.9. The first-order valence-electron chi connectivity index (χ1n) is 8.99. The first-order valence-corrected chi connectivity index (χ1v) is 8.99. The molecule has 0 bridgehead atoms. The Balaban J connectivity index is 1.67. The van der Waals surface area contributed by atoms with E-state index in [0.29, 0.717) is 23.6 Å². The Morgan fingerprint density at radius 1 is 1.15 bits per heavy atom. The zero-order chi connectivity index (χ0) is 18.4. The molecule has 1 aromatic carbocycles. The summed E-state index contributed by atoms with van der Waals surface area (Å²) in [6.07, 6.45) is 4.24. The predicted octanol–water partition coefficient (Wildman–Crippen LogP) is 2.40. The summed E-state index contributed by atoms with van der Waals surface area (Å²) in [6, 6.07) is 11.0. The third kappa shape index (κ3) is 4.59. The molecule has 2 heterocycles. The first kappa shape index (κ1) is 18.4. The molecule has 1 amide bonds. The average Bonchev–Trinajstić information content (AvgIpc) is 2.94. The van der Waals surface area contributed by atoms with Gasteiger partial charge >= 0.3 is 0 Å². The molecular formula is C20H25N3O3. The Morgan fingerprint density at radius 3 is 2.73 bits per heavy atom. The highest BCUT2D eigenvalue weighted by Crippen LogP contribution is 2.22. The summed E-state index contributed by atoms with van der Waals surface area (Å²) in [5.41, 5.74) is 0.625. The van der Waals surface area contributed by atoms with Crippen LogP contribution in [-0.4, -0.2) is 64.6 Å². The summed E-state index contributed by atoms with van der Waals surface area (Å²) in [4.78, 5) is 21.0. The molecule has 26 heavy (non-hydrogen) atoms. The molecule has 1 unspecified atom stereocenters. The fourth-order valence-corrected chi connectivity index (χ4v) is 3.11. The molecule has 1 fully saturated rings. The topological polar surface area (TPSA) is 65.9 Å². The Morgan fingerprint density at radius 2 is 1.96 bits per heavy atom. The monoisotopic (exact) mass is 355 g/mol. The molecule has 1 atom stereocenters. The van der Waals surface area contributed by atoms with Gasteiger partial charge in [-0.15, -0.1) is 0 Å². The Labute approximate surface area is 154 Å². The van der Waals surface area contributed by atoms with Crippen molar-refractivity contribution in [3.05, 3.63) is 54.4 Å². The largest absolute Gasteiger partial charge is 0.457 e. The highest BCUT2D eigenvalue weighted by molar-refractivity contribution is 5.94. The fraction of sp³-hybridized carbons (Fsp3) is 0.400. The Hall–Kier alpha value is -2.44. The number of ether oxygens (including phenoxy) is 1. The lowest BCUT2D eigenvalue weighted by Crippen LogP contribution is -2.39. The standard InChI is InChI=1S/C20H25N3O3/c1-16(15-24)22-10-3-11-23(13-12-22)20(25)17-4-2-5-19(14-17)26-18-6-8-21-9-7-18/h2,4-9,14,16,24H,3,10-13,15H2,1H3. The molecule has 138 valence electrons. The van der Waals surface area contributed by atoms with Crippen LogP contribution in [0.4, 0.5) is 0 Å². The molecule has 1 aliphatic heterocycles. The van der Waals surface area contributed by atoms with Crippen LogP contribution < -0.4 is 4.74 Å². The highest BCUT2D eigenvalue weighted by atomic mass is 16.5. The van der Waals surface area contributed by atoms with Crippen LogP contribution in [-0.2, 0) is 0 Å². The van der Waals surface area contributed by atoms with Crippen molar-refractivity contribution in [1.82, 2.24) is 14.8 Å². The molecule has 1 aromatic heterocycles. The van der Waals surface area contributed by atoms with Crippen molar-refractivity contribution in [3.63, 3.8) is 0 Å². The van der Waals surface area contributed by atoms with Crippen LogP contribution in [0.15, 0.2) is 48.8 Å². The molecule has 1 saturated heterocycles. The van der Waals surface area contributed by atoms with Crippen LogP contribution >= 0.6 is 0 Å². The quantitative estimate of drug-likeness (QED) is 0.892. The minimum atomic E-state index is 0.0173. The molecule has 1 aliphatic rings. The first-order chi connectivity index (χ1) is 12.7. The minimum Gasteiger partial charge on any atom is -0.457 e. The van der Waals surface area contributed by atoms with E-state index in [-0.39, 0.29) is 18.6 Å². The molecule has 0 radical (unpaired) electrons. The van der Waals surface area contributed by atoms with Crippen LogP contribution in [0, 0.1) is 0 Å². The maximum Gasteiger partial charge on any atom is 0.254 e. The van der Waals surface area contributed by atoms with Gasteiger partial charge in [-0.2, -0.15) is 0 Å². The molecular weight excluding hydrogens is 330 g/mol. The predicted molar refractivity (Wildman–Crippen MR) is 99.4 cm³/mol. The normalized spacial score (nSPS) is 16.8. The number of rotatable bonds is 5. The number of carbonyl (C=O) groups is 1. The van der Waals surface area contributed by atoms with E-state index in [0.717, 1.165) is 26.1 Å². The van der Waals surface area contributed by atoms with Crippen molar-refractivity contribution in [3.8, 4) is 11.5 Å². The fourth-order valence-electron chi connectivity index (χ4n) is 3.11. The van der Waals surface area contributed by atoms with Crippen molar-refractivity contribution in [1.29, 1.82) is 0 Å². The van der Waals surface area contributed by atoms with E-state index < -0.39 is 0 Å². The number of pyridine rings is 1. The molecule has 2 aromatic rings. The number of amides is 1. The van der Waals surface area contributed by atoms with Crippen molar-refractivity contribution < 1.29 is 14.6 Å². The smallest absolute Gasteiger partial charge is 0.254 e. The summed E-state index contributed by atoms with van der Waals surface area (Å²) in [6.45, 7) is 5.22. The molecule has 6 nitrogen and oxygen atoms in total. The van der Waals surface area contributed by atoms with Crippen molar-refractivity contribution >= 4 is 5.91 Å². The summed E-state index contributed by atoms with van der Waals surface area (Å²) >= 11 is 0. The lowest BCUT2D eigenvalue weighted by atomic mass is 10.2. The van der Waals surface area contributed by atoms with Crippen LogP contribution in [0.5, 0.6) is 11.5 Å². The Bertz CT molecular complexity index is 723. The van der Waals surface area contributed by atoms with Gasteiger partial charge in [-0.25, -0.2) is 0 Å². The van der Waals surface area contributed by atoms with Crippen LogP contribution in [0.3, 0.4) is 0 Å². The van der Waals surface area contributed by atoms with Gasteiger partial charge in [-0.1, -0.05) is 6.07 Å². The summed E-state index contributed by atoms with van der Waals surface area (Å²) < 4.78 is 5.80. The molecule has 6 heteroatoms. The second-order valence-electron chi connectivity index (χ2n) is 6.53. The van der Waals surface area contributed by atoms with Crippen molar-refractivity contribution in [2.45, 2.75) is 19.4 Å². The van der Waals surface area contributed by atoms with E-state index in [9.17, 15) is 9.90 Å². The summed E-state index contributed by atoms with van der Waals surface area (Å²) in [5, 5.41) is 9.34. The SMILES string of the molecule is CC(CO)N1CCCN(C(=O)c2cccc(Oc3ccncc3)c2)CC1. The van der Waals surface area contributed by atoms with Gasteiger partial charge in [0.15, 0.2) is 0 Å². The minimum absolute atomic E-state index is 0.0173. The van der Waals surface area contributed by atoms with Gasteiger partial charge in [0.2, 0.25) is 0 Å². The third-order valence-corrected chi connectivity index (χ3v) is 4.67. The number of hydrogen-bond acceptors (Lipinski definition) is 5. The van der Waals surface area contributed by atoms with Crippen molar-refractivity contribution in [2.24, 2.45) is 0 Å². The van der Waals surface area contributed by atoms with E-state index in [2.05, 4.69) is 9.88 Å². The van der Waals surface area contributed by atoms with Gasteiger partial charge in [-0.05, 0) is 43.7 Å². The molecule has 0 aliphatic carbocycles. The average molecular weight is 355 g/mol. The van der Waals surface area contributed by atoms with Gasteiger partial charge in [0, 0.05) is 50.2 Å². The van der Waals surface area contributed by atoms with E-state index >= 15 is 0 Å². The van der Waals surface area contributed by atoms with E-state index in [1.807, 2.05) is 30.0 Å².